The molecule has 1 aliphatic rings. The smallest absolute Gasteiger partial charge is 0.104 e. The standard InChI is InChI=1S/C7H14O5S/c8-5-7(6-13(9,10)11)3-1-2-4-12-7/h8H,1-6H2,(H,9,10,11)/p-1. The Hall–Kier alpha value is -0.170. The molecule has 1 atom stereocenters. The van der Waals surface area contributed by atoms with E-state index in [1.807, 2.05) is 0 Å². The first kappa shape index (κ1) is 10.9. The molecule has 0 aromatic heterocycles. The Morgan fingerprint density at radius 2 is 2.15 bits per heavy atom. The summed E-state index contributed by atoms with van der Waals surface area (Å²) >= 11 is 0. The van der Waals surface area contributed by atoms with Crippen LogP contribution in [0.15, 0.2) is 0 Å². The van der Waals surface area contributed by atoms with Gasteiger partial charge in [-0.3, -0.25) is 0 Å². The molecule has 0 bridgehead atoms. The Bertz CT molecular complexity index is 252. The summed E-state index contributed by atoms with van der Waals surface area (Å²) in [5.74, 6) is -0.628. The van der Waals surface area contributed by atoms with Crippen LogP contribution in [0.25, 0.3) is 0 Å². The summed E-state index contributed by atoms with van der Waals surface area (Å²) in [7, 11) is -4.33. The summed E-state index contributed by atoms with van der Waals surface area (Å²) in [4.78, 5) is 0. The number of hydrogen-bond acceptors (Lipinski definition) is 5. The molecule has 0 saturated carbocycles. The van der Waals surface area contributed by atoms with Crippen molar-refractivity contribution in [1.29, 1.82) is 0 Å². The maximum atomic E-state index is 10.5. The maximum absolute atomic E-state index is 10.5. The van der Waals surface area contributed by atoms with Gasteiger partial charge in [0.1, 0.15) is 5.60 Å². The van der Waals surface area contributed by atoms with Crippen molar-refractivity contribution in [3.05, 3.63) is 0 Å². The van der Waals surface area contributed by atoms with Crippen LogP contribution in [0.5, 0.6) is 0 Å². The second kappa shape index (κ2) is 3.91. The van der Waals surface area contributed by atoms with Crippen molar-refractivity contribution in [3.63, 3.8) is 0 Å². The monoisotopic (exact) mass is 209 g/mol. The number of aliphatic hydroxyl groups excluding tert-OH is 1. The van der Waals surface area contributed by atoms with E-state index in [1.54, 1.807) is 0 Å². The van der Waals surface area contributed by atoms with Crippen LogP contribution in [0.1, 0.15) is 19.3 Å². The van der Waals surface area contributed by atoms with Gasteiger partial charge in [-0.2, -0.15) is 0 Å². The van der Waals surface area contributed by atoms with E-state index in [9.17, 15) is 13.0 Å². The van der Waals surface area contributed by atoms with Crippen molar-refractivity contribution in [2.24, 2.45) is 0 Å². The van der Waals surface area contributed by atoms with Crippen molar-refractivity contribution in [3.8, 4) is 0 Å². The first-order valence-corrected chi connectivity index (χ1v) is 5.74. The fourth-order valence-corrected chi connectivity index (χ4v) is 2.48. The SMILES string of the molecule is O=S(=O)([O-])CC1(CO)CCCCO1. The van der Waals surface area contributed by atoms with Gasteiger partial charge in [0.15, 0.2) is 0 Å². The Kier molecular flexibility index (Phi) is 3.28. The summed E-state index contributed by atoms with van der Waals surface area (Å²) in [5, 5.41) is 8.98. The minimum Gasteiger partial charge on any atom is -0.748 e. The van der Waals surface area contributed by atoms with Crippen molar-refractivity contribution in [1.82, 2.24) is 0 Å². The molecule has 5 nitrogen and oxygen atoms in total. The minimum atomic E-state index is -4.33. The molecule has 0 amide bonds. The zero-order chi connectivity index (χ0) is 9.95. The van der Waals surface area contributed by atoms with Crippen LogP contribution in [-0.2, 0) is 14.9 Å². The van der Waals surface area contributed by atoms with E-state index in [-0.39, 0.29) is 0 Å². The first-order chi connectivity index (χ1) is 5.97. The summed E-state index contributed by atoms with van der Waals surface area (Å²) in [6.07, 6.45) is 2.07. The third-order valence-corrected chi connectivity index (χ3v) is 3.04. The summed E-state index contributed by atoms with van der Waals surface area (Å²) < 4.78 is 36.7. The number of rotatable bonds is 3. The fourth-order valence-electron chi connectivity index (χ4n) is 1.52. The second-order valence-electron chi connectivity index (χ2n) is 3.35. The minimum absolute atomic E-state index is 0.408. The molecule has 6 heteroatoms. The third-order valence-electron chi connectivity index (χ3n) is 2.16. The lowest BCUT2D eigenvalue weighted by molar-refractivity contribution is -0.0926. The lowest BCUT2D eigenvalue weighted by Gasteiger charge is -2.36. The molecule has 0 radical (unpaired) electrons. The topological polar surface area (TPSA) is 86.7 Å². The van der Waals surface area contributed by atoms with Crippen molar-refractivity contribution < 1.29 is 22.8 Å². The number of ether oxygens (including phenoxy) is 1. The van der Waals surface area contributed by atoms with E-state index >= 15 is 0 Å². The van der Waals surface area contributed by atoms with E-state index in [1.165, 1.54) is 0 Å². The molecular weight excluding hydrogens is 196 g/mol. The summed E-state index contributed by atoms with van der Waals surface area (Å²) in [5.41, 5.74) is -1.14. The van der Waals surface area contributed by atoms with Gasteiger partial charge in [0.05, 0.1) is 22.5 Å². The average molecular weight is 209 g/mol. The van der Waals surface area contributed by atoms with E-state index in [4.69, 9.17) is 9.84 Å². The molecule has 1 saturated heterocycles. The van der Waals surface area contributed by atoms with Gasteiger partial charge in [0.2, 0.25) is 0 Å². The Balaban J connectivity index is 2.68. The molecule has 0 aliphatic carbocycles. The van der Waals surface area contributed by atoms with Gasteiger partial charge in [0.25, 0.3) is 0 Å². The zero-order valence-corrected chi connectivity index (χ0v) is 8.05. The molecule has 1 rings (SSSR count). The predicted octanol–water partition coefficient (Wildman–Crippen LogP) is -0.537. The Morgan fingerprint density at radius 3 is 2.54 bits per heavy atom. The van der Waals surface area contributed by atoms with Gasteiger partial charge in [-0.15, -0.1) is 0 Å². The lowest BCUT2D eigenvalue weighted by atomic mass is 9.97. The average Bonchev–Trinajstić information content (AvgIpc) is 2.03. The fraction of sp³-hybridized carbons (Fsp3) is 1.00. The molecule has 0 aromatic rings. The maximum Gasteiger partial charge on any atom is 0.104 e. The van der Waals surface area contributed by atoms with Crippen LogP contribution < -0.4 is 0 Å². The normalized spacial score (nSPS) is 30.3. The zero-order valence-electron chi connectivity index (χ0n) is 7.23. The number of hydrogen-bond donors (Lipinski definition) is 1. The number of aliphatic hydroxyl groups is 1. The van der Waals surface area contributed by atoms with E-state index in [2.05, 4.69) is 0 Å². The van der Waals surface area contributed by atoms with Gasteiger partial charge in [-0.05, 0) is 19.3 Å². The van der Waals surface area contributed by atoms with E-state index in [0.29, 0.717) is 13.0 Å². The van der Waals surface area contributed by atoms with Gasteiger partial charge in [-0.1, -0.05) is 0 Å². The highest BCUT2D eigenvalue weighted by Crippen LogP contribution is 2.25. The van der Waals surface area contributed by atoms with Crippen LogP contribution in [0.4, 0.5) is 0 Å². The van der Waals surface area contributed by atoms with Crippen LogP contribution in [0, 0.1) is 0 Å². The highest BCUT2D eigenvalue weighted by Gasteiger charge is 2.34. The van der Waals surface area contributed by atoms with Gasteiger partial charge in [0, 0.05) is 6.61 Å². The largest absolute Gasteiger partial charge is 0.748 e. The summed E-state index contributed by atoms with van der Waals surface area (Å²) in [6, 6.07) is 0. The van der Waals surface area contributed by atoms with Crippen LogP contribution >= 0.6 is 0 Å². The molecule has 0 aromatic carbocycles. The molecule has 1 aliphatic heterocycles. The molecule has 78 valence electrons. The first-order valence-electron chi connectivity index (χ1n) is 4.16. The van der Waals surface area contributed by atoms with Gasteiger partial charge >= 0.3 is 0 Å². The molecule has 0 spiro atoms. The van der Waals surface area contributed by atoms with Crippen molar-refractivity contribution in [2.45, 2.75) is 24.9 Å². The molecule has 13 heavy (non-hydrogen) atoms. The molecular formula is C7H13O5S-. The van der Waals surface area contributed by atoms with Crippen molar-refractivity contribution >= 4 is 10.1 Å². The molecule has 1 unspecified atom stereocenters. The predicted molar refractivity (Wildman–Crippen MR) is 44.2 cm³/mol. The Morgan fingerprint density at radius 1 is 1.46 bits per heavy atom. The molecule has 1 heterocycles. The second-order valence-corrected chi connectivity index (χ2v) is 4.75. The van der Waals surface area contributed by atoms with Crippen LogP contribution in [0.3, 0.4) is 0 Å². The molecule has 1 N–H and O–H groups in total. The lowest BCUT2D eigenvalue weighted by Crippen LogP contribution is -2.46. The van der Waals surface area contributed by atoms with E-state index in [0.717, 1.165) is 12.8 Å². The quantitative estimate of drug-likeness (QED) is 0.631. The van der Waals surface area contributed by atoms with E-state index < -0.39 is 28.1 Å². The van der Waals surface area contributed by atoms with Crippen LogP contribution in [-0.4, -0.2) is 42.6 Å². The summed E-state index contributed by atoms with van der Waals surface area (Å²) in [6.45, 7) is 0.00451. The highest BCUT2D eigenvalue weighted by molar-refractivity contribution is 7.85. The third kappa shape index (κ3) is 3.22. The highest BCUT2D eigenvalue weighted by atomic mass is 32.2. The van der Waals surface area contributed by atoms with Crippen LogP contribution in [0.2, 0.25) is 0 Å². The van der Waals surface area contributed by atoms with Gasteiger partial charge in [-0.25, -0.2) is 8.42 Å². The van der Waals surface area contributed by atoms with Gasteiger partial charge < -0.3 is 14.4 Å². The Labute approximate surface area is 77.5 Å². The van der Waals surface area contributed by atoms with Crippen molar-refractivity contribution in [2.75, 3.05) is 19.0 Å². The molecule has 1 fully saturated rings.